The second kappa shape index (κ2) is 5.49. The summed E-state index contributed by atoms with van der Waals surface area (Å²) < 4.78 is 23.6. The molecular weight excluding hydrogens is 227 g/mol. The Bertz CT molecular complexity index is 423. The van der Waals surface area contributed by atoms with Gasteiger partial charge in [-0.05, 0) is 6.07 Å². The van der Waals surface area contributed by atoms with Crippen LogP contribution in [0.15, 0.2) is 12.1 Å². The minimum atomic E-state index is -0.799. The zero-order valence-electron chi connectivity index (χ0n) is 9.70. The number of hydrogen-bond acceptors (Lipinski definition) is 4. The Labute approximate surface area is 98.5 Å². The van der Waals surface area contributed by atoms with Crippen LogP contribution in [-0.2, 0) is 4.79 Å². The summed E-state index contributed by atoms with van der Waals surface area (Å²) in [5.41, 5.74) is 10.9. The summed E-state index contributed by atoms with van der Waals surface area (Å²) in [6.45, 7) is 0. The fourth-order valence-electron chi connectivity index (χ4n) is 1.48. The molecule has 1 amide bonds. The first-order valence-corrected chi connectivity index (χ1v) is 4.95. The summed E-state index contributed by atoms with van der Waals surface area (Å²) in [4.78, 5) is 10.7. The summed E-state index contributed by atoms with van der Waals surface area (Å²) >= 11 is 0. The first-order chi connectivity index (χ1) is 7.99. The Morgan fingerprint density at radius 1 is 1.35 bits per heavy atom. The Hall–Kier alpha value is -1.82. The van der Waals surface area contributed by atoms with Crippen LogP contribution < -0.4 is 20.9 Å². The molecule has 0 saturated carbocycles. The molecule has 0 aliphatic carbocycles. The van der Waals surface area contributed by atoms with Crippen molar-refractivity contribution in [3.63, 3.8) is 0 Å². The first-order valence-electron chi connectivity index (χ1n) is 4.95. The van der Waals surface area contributed by atoms with Gasteiger partial charge in [0, 0.05) is 24.1 Å². The lowest BCUT2D eigenvalue weighted by molar-refractivity contribution is -0.118. The van der Waals surface area contributed by atoms with Gasteiger partial charge >= 0.3 is 0 Å². The minimum absolute atomic E-state index is 0.133. The van der Waals surface area contributed by atoms with Crippen LogP contribution in [0, 0.1) is 5.82 Å². The van der Waals surface area contributed by atoms with Gasteiger partial charge in [0.2, 0.25) is 5.91 Å². The summed E-state index contributed by atoms with van der Waals surface area (Å²) in [5.74, 6) is -0.535. The number of carbonyl (C=O) groups is 1. The van der Waals surface area contributed by atoms with E-state index in [0.717, 1.165) is 6.07 Å². The zero-order chi connectivity index (χ0) is 13.0. The van der Waals surface area contributed by atoms with E-state index in [2.05, 4.69) is 0 Å². The fourth-order valence-corrected chi connectivity index (χ4v) is 1.48. The molecule has 94 valence electrons. The Kier molecular flexibility index (Phi) is 4.28. The first kappa shape index (κ1) is 13.2. The molecule has 0 aliphatic rings. The van der Waals surface area contributed by atoms with Crippen LogP contribution in [0.3, 0.4) is 0 Å². The van der Waals surface area contributed by atoms with E-state index >= 15 is 0 Å². The van der Waals surface area contributed by atoms with Crippen molar-refractivity contribution in [1.82, 2.24) is 0 Å². The van der Waals surface area contributed by atoms with Gasteiger partial charge in [-0.15, -0.1) is 0 Å². The van der Waals surface area contributed by atoms with Gasteiger partial charge in [-0.25, -0.2) is 4.39 Å². The van der Waals surface area contributed by atoms with Crippen LogP contribution in [0.5, 0.6) is 11.5 Å². The maximum atomic E-state index is 13.7. The molecule has 1 aromatic rings. The van der Waals surface area contributed by atoms with Crippen molar-refractivity contribution in [1.29, 1.82) is 0 Å². The van der Waals surface area contributed by atoms with Crippen LogP contribution in [0.25, 0.3) is 0 Å². The van der Waals surface area contributed by atoms with E-state index in [9.17, 15) is 9.18 Å². The normalized spacial score (nSPS) is 12.0. The molecule has 0 heterocycles. The average molecular weight is 242 g/mol. The standard InChI is InChI=1S/C11H15FN2O3/c1-16-9-3-6(8(13)5-11(14)15)7(12)4-10(9)17-2/h3-4,8H,5,13H2,1-2H3,(H2,14,15). The molecule has 0 saturated heterocycles. The zero-order valence-corrected chi connectivity index (χ0v) is 9.70. The smallest absolute Gasteiger partial charge is 0.219 e. The maximum Gasteiger partial charge on any atom is 0.219 e. The van der Waals surface area contributed by atoms with E-state index in [-0.39, 0.29) is 17.7 Å². The quantitative estimate of drug-likeness (QED) is 0.796. The molecule has 0 aromatic heterocycles. The Morgan fingerprint density at radius 3 is 2.35 bits per heavy atom. The second-order valence-electron chi connectivity index (χ2n) is 3.51. The molecule has 0 spiro atoms. The van der Waals surface area contributed by atoms with E-state index in [1.807, 2.05) is 0 Å². The number of hydrogen-bond donors (Lipinski definition) is 2. The molecule has 1 atom stereocenters. The number of amides is 1. The summed E-state index contributed by atoms with van der Waals surface area (Å²) in [5, 5.41) is 0. The molecule has 0 aliphatic heterocycles. The van der Waals surface area contributed by atoms with Crippen molar-refractivity contribution in [2.24, 2.45) is 11.5 Å². The van der Waals surface area contributed by atoms with Crippen molar-refractivity contribution in [3.8, 4) is 11.5 Å². The predicted octanol–water partition coefficient (Wildman–Crippen LogP) is 0.718. The van der Waals surface area contributed by atoms with Crippen LogP contribution in [0.2, 0.25) is 0 Å². The van der Waals surface area contributed by atoms with Gasteiger partial charge in [0.05, 0.1) is 14.2 Å². The lowest BCUT2D eigenvalue weighted by Crippen LogP contribution is -2.21. The van der Waals surface area contributed by atoms with Gasteiger partial charge in [-0.1, -0.05) is 0 Å². The number of methoxy groups -OCH3 is 2. The van der Waals surface area contributed by atoms with Gasteiger partial charge in [-0.2, -0.15) is 0 Å². The van der Waals surface area contributed by atoms with Gasteiger partial charge in [0.15, 0.2) is 11.5 Å². The predicted molar refractivity (Wildman–Crippen MR) is 60.2 cm³/mol. The number of carbonyl (C=O) groups excluding carboxylic acids is 1. The average Bonchev–Trinajstić information content (AvgIpc) is 2.27. The lowest BCUT2D eigenvalue weighted by atomic mass is 10.0. The van der Waals surface area contributed by atoms with Gasteiger partial charge < -0.3 is 20.9 Å². The number of benzene rings is 1. The van der Waals surface area contributed by atoms with Crippen LogP contribution in [0.1, 0.15) is 18.0 Å². The third-order valence-corrected chi connectivity index (χ3v) is 2.32. The highest BCUT2D eigenvalue weighted by Crippen LogP contribution is 2.32. The third kappa shape index (κ3) is 3.07. The third-order valence-electron chi connectivity index (χ3n) is 2.32. The number of ether oxygens (including phenoxy) is 2. The Morgan fingerprint density at radius 2 is 1.88 bits per heavy atom. The molecule has 4 N–H and O–H groups in total. The lowest BCUT2D eigenvalue weighted by Gasteiger charge is -2.14. The van der Waals surface area contributed by atoms with Gasteiger partial charge in [0.25, 0.3) is 0 Å². The highest BCUT2D eigenvalue weighted by Gasteiger charge is 2.17. The summed E-state index contributed by atoms with van der Waals surface area (Å²) in [6.07, 6.45) is -0.133. The highest BCUT2D eigenvalue weighted by atomic mass is 19.1. The van der Waals surface area contributed by atoms with Crippen LogP contribution >= 0.6 is 0 Å². The SMILES string of the molecule is COc1cc(F)c(C(N)CC(N)=O)cc1OC. The Balaban J connectivity index is 3.11. The number of primary amides is 1. The van der Waals surface area contributed by atoms with Crippen molar-refractivity contribution in [2.45, 2.75) is 12.5 Å². The summed E-state index contributed by atoms with van der Waals surface area (Å²) in [7, 11) is 2.83. The van der Waals surface area contributed by atoms with Crippen LogP contribution in [0.4, 0.5) is 4.39 Å². The second-order valence-corrected chi connectivity index (χ2v) is 3.51. The van der Waals surface area contributed by atoms with E-state index in [1.165, 1.54) is 20.3 Å². The van der Waals surface area contributed by atoms with Gasteiger partial charge in [0.1, 0.15) is 5.82 Å². The number of halogens is 1. The number of rotatable bonds is 5. The minimum Gasteiger partial charge on any atom is -0.493 e. The molecule has 1 unspecified atom stereocenters. The molecule has 1 rings (SSSR count). The van der Waals surface area contributed by atoms with Crippen LogP contribution in [-0.4, -0.2) is 20.1 Å². The van der Waals surface area contributed by atoms with E-state index in [1.54, 1.807) is 0 Å². The fraction of sp³-hybridized carbons (Fsp3) is 0.364. The van der Waals surface area contributed by atoms with Crippen molar-refractivity contribution >= 4 is 5.91 Å². The maximum absolute atomic E-state index is 13.7. The molecule has 0 bridgehead atoms. The van der Waals surface area contributed by atoms with Crippen molar-refractivity contribution in [3.05, 3.63) is 23.5 Å². The molecule has 6 heteroatoms. The van der Waals surface area contributed by atoms with E-state index in [4.69, 9.17) is 20.9 Å². The summed E-state index contributed by atoms with van der Waals surface area (Å²) in [6, 6.07) is 1.77. The molecule has 5 nitrogen and oxygen atoms in total. The van der Waals surface area contributed by atoms with Crippen molar-refractivity contribution in [2.75, 3.05) is 14.2 Å². The van der Waals surface area contributed by atoms with Crippen molar-refractivity contribution < 1.29 is 18.7 Å². The number of nitrogens with two attached hydrogens (primary N) is 2. The molecule has 1 aromatic carbocycles. The monoisotopic (exact) mass is 242 g/mol. The molecular formula is C11H15FN2O3. The molecule has 0 radical (unpaired) electrons. The topological polar surface area (TPSA) is 87.6 Å². The highest BCUT2D eigenvalue weighted by molar-refractivity contribution is 5.74. The van der Waals surface area contributed by atoms with E-state index in [0.29, 0.717) is 5.75 Å². The van der Waals surface area contributed by atoms with E-state index < -0.39 is 17.8 Å². The molecule has 17 heavy (non-hydrogen) atoms. The van der Waals surface area contributed by atoms with Gasteiger partial charge in [-0.3, -0.25) is 4.79 Å². The largest absolute Gasteiger partial charge is 0.493 e. The molecule has 0 fully saturated rings.